The third-order valence-electron chi connectivity index (χ3n) is 3.16. The summed E-state index contributed by atoms with van der Waals surface area (Å²) in [5.74, 6) is 1.11. The number of rotatable bonds is 6. The lowest BCUT2D eigenvalue weighted by atomic mass is 10.1. The SMILES string of the molecule is CC.CNC(=O)CCC(=O)c1cc2cc(OC)c(OC)cc2s1. The highest BCUT2D eigenvalue weighted by Crippen LogP contribution is 2.36. The molecule has 0 saturated carbocycles. The van der Waals surface area contributed by atoms with Gasteiger partial charge in [0, 0.05) is 30.7 Å². The molecule has 0 aliphatic carbocycles. The minimum atomic E-state index is -0.132. The lowest BCUT2D eigenvalue weighted by Crippen LogP contribution is -2.18. The van der Waals surface area contributed by atoms with E-state index in [1.165, 1.54) is 11.3 Å². The Morgan fingerprint density at radius 2 is 1.65 bits per heavy atom. The van der Waals surface area contributed by atoms with Crippen LogP contribution in [0.1, 0.15) is 36.4 Å². The Balaban J connectivity index is 0.00000127. The normalized spacial score (nSPS) is 9.78. The van der Waals surface area contributed by atoms with Crippen LogP contribution < -0.4 is 14.8 Å². The highest BCUT2D eigenvalue weighted by Gasteiger charge is 2.14. The summed E-state index contributed by atoms with van der Waals surface area (Å²) in [7, 11) is 4.71. The maximum atomic E-state index is 12.1. The zero-order valence-corrected chi connectivity index (χ0v) is 15.0. The topological polar surface area (TPSA) is 64.6 Å². The molecular formula is C17H23NO4S. The minimum absolute atomic E-state index is 0.0299. The maximum absolute atomic E-state index is 12.1. The molecule has 1 amide bonds. The summed E-state index contributed by atoms with van der Waals surface area (Å²) in [6.45, 7) is 4.00. The van der Waals surface area contributed by atoms with Crippen molar-refractivity contribution < 1.29 is 19.1 Å². The van der Waals surface area contributed by atoms with Crippen LogP contribution in [0.5, 0.6) is 11.5 Å². The molecule has 0 aliphatic heterocycles. The van der Waals surface area contributed by atoms with Crippen molar-refractivity contribution in [1.29, 1.82) is 0 Å². The van der Waals surface area contributed by atoms with Gasteiger partial charge in [0.2, 0.25) is 5.91 Å². The van der Waals surface area contributed by atoms with Gasteiger partial charge in [0.05, 0.1) is 19.1 Å². The maximum Gasteiger partial charge on any atom is 0.220 e. The lowest BCUT2D eigenvalue weighted by molar-refractivity contribution is -0.120. The van der Waals surface area contributed by atoms with Gasteiger partial charge in [0.15, 0.2) is 17.3 Å². The van der Waals surface area contributed by atoms with Gasteiger partial charge in [-0.2, -0.15) is 0 Å². The molecule has 2 aromatic rings. The summed E-state index contributed by atoms with van der Waals surface area (Å²) in [6, 6.07) is 5.53. The molecule has 0 bridgehead atoms. The molecule has 0 atom stereocenters. The fraction of sp³-hybridized carbons (Fsp3) is 0.412. The molecule has 0 spiro atoms. The van der Waals surface area contributed by atoms with Crippen molar-refractivity contribution in [1.82, 2.24) is 5.32 Å². The number of carbonyl (C=O) groups excluding carboxylic acids is 2. The lowest BCUT2D eigenvalue weighted by Gasteiger charge is -2.06. The Kier molecular flexibility index (Phi) is 7.54. The van der Waals surface area contributed by atoms with E-state index in [1.807, 2.05) is 32.0 Å². The van der Waals surface area contributed by atoms with E-state index < -0.39 is 0 Å². The summed E-state index contributed by atoms with van der Waals surface area (Å²) in [5, 5.41) is 3.44. The van der Waals surface area contributed by atoms with Crippen molar-refractivity contribution in [3.05, 3.63) is 23.1 Å². The molecule has 126 valence electrons. The first-order valence-electron chi connectivity index (χ1n) is 7.48. The second kappa shape index (κ2) is 9.15. The van der Waals surface area contributed by atoms with Gasteiger partial charge in [-0.15, -0.1) is 11.3 Å². The summed E-state index contributed by atoms with van der Waals surface area (Å²) in [4.78, 5) is 23.9. The fourth-order valence-corrected chi connectivity index (χ4v) is 3.02. The highest BCUT2D eigenvalue weighted by atomic mass is 32.1. The minimum Gasteiger partial charge on any atom is -0.493 e. The molecule has 0 unspecified atom stereocenters. The largest absolute Gasteiger partial charge is 0.493 e. The van der Waals surface area contributed by atoms with E-state index in [9.17, 15) is 9.59 Å². The average Bonchev–Trinajstić information content (AvgIpc) is 3.02. The molecule has 1 N–H and O–H groups in total. The van der Waals surface area contributed by atoms with Crippen LogP contribution in [-0.2, 0) is 4.79 Å². The predicted octanol–water partition coefficient (Wildman–Crippen LogP) is 3.65. The van der Waals surface area contributed by atoms with Gasteiger partial charge in [-0.3, -0.25) is 9.59 Å². The van der Waals surface area contributed by atoms with Gasteiger partial charge in [-0.1, -0.05) is 13.8 Å². The smallest absolute Gasteiger partial charge is 0.220 e. The first kappa shape index (κ1) is 19.0. The molecule has 1 aromatic heterocycles. The molecule has 0 radical (unpaired) electrons. The molecule has 0 saturated heterocycles. The number of methoxy groups -OCH3 is 2. The zero-order valence-electron chi connectivity index (χ0n) is 14.2. The van der Waals surface area contributed by atoms with E-state index in [-0.39, 0.29) is 24.5 Å². The Labute approximate surface area is 140 Å². The molecule has 5 nitrogen and oxygen atoms in total. The fourth-order valence-electron chi connectivity index (χ4n) is 1.98. The standard InChI is InChI=1S/C15H17NO4S.C2H6/c1-16-15(18)5-4-10(17)14-7-9-6-11(19-2)12(20-3)8-13(9)21-14;1-2/h6-8H,4-5H2,1-3H3,(H,16,18);1-2H3. The average molecular weight is 337 g/mol. The van der Waals surface area contributed by atoms with Gasteiger partial charge in [0.1, 0.15) is 0 Å². The number of hydrogen-bond donors (Lipinski definition) is 1. The van der Waals surface area contributed by atoms with Crippen LogP contribution in [0.4, 0.5) is 0 Å². The second-order valence-electron chi connectivity index (χ2n) is 4.45. The van der Waals surface area contributed by atoms with Crippen LogP contribution in [-0.4, -0.2) is 33.0 Å². The van der Waals surface area contributed by atoms with Crippen LogP contribution in [0.15, 0.2) is 18.2 Å². The summed E-state index contributed by atoms with van der Waals surface area (Å²) < 4.78 is 11.5. The van der Waals surface area contributed by atoms with E-state index in [2.05, 4.69) is 5.32 Å². The predicted molar refractivity (Wildman–Crippen MR) is 93.9 cm³/mol. The number of carbonyl (C=O) groups is 2. The van der Waals surface area contributed by atoms with E-state index in [0.29, 0.717) is 16.4 Å². The van der Waals surface area contributed by atoms with E-state index >= 15 is 0 Å². The van der Waals surface area contributed by atoms with Crippen LogP contribution in [0, 0.1) is 0 Å². The number of nitrogens with one attached hydrogen (secondary N) is 1. The van der Waals surface area contributed by atoms with E-state index in [4.69, 9.17) is 9.47 Å². The van der Waals surface area contributed by atoms with Crippen molar-refractivity contribution >= 4 is 33.1 Å². The number of Topliss-reactive ketones (excluding diaryl/α,β-unsaturated/α-hetero) is 1. The van der Waals surface area contributed by atoms with Crippen LogP contribution in [0.25, 0.3) is 10.1 Å². The van der Waals surface area contributed by atoms with E-state index in [0.717, 1.165) is 10.1 Å². The Morgan fingerprint density at radius 1 is 1.04 bits per heavy atom. The second-order valence-corrected chi connectivity index (χ2v) is 5.54. The quantitative estimate of drug-likeness (QED) is 0.817. The molecule has 0 fully saturated rings. The number of hydrogen-bond acceptors (Lipinski definition) is 5. The number of thiophene rings is 1. The van der Waals surface area contributed by atoms with Crippen LogP contribution in [0.3, 0.4) is 0 Å². The summed E-state index contributed by atoms with van der Waals surface area (Å²) >= 11 is 1.40. The number of amides is 1. The molecule has 1 aromatic carbocycles. The number of fused-ring (bicyclic) bond motifs is 1. The highest BCUT2D eigenvalue weighted by molar-refractivity contribution is 7.20. The first-order chi connectivity index (χ1) is 11.1. The molecule has 1 heterocycles. The van der Waals surface area contributed by atoms with Gasteiger partial charge >= 0.3 is 0 Å². The van der Waals surface area contributed by atoms with Gasteiger partial charge < -0.3 is 14.8 Å². The molecule has 23 heavy (non-hydrogen) atoms. The summed E-state index contributed by atoms with van der Waals surface area (Å²) in [6.07, 6.45) is 0.414. The van der Waals surface area contributed by atoms with Crippen LogP contribution >= 0.6 is 11.3 Å². The Bertz CT molecular complexity index is 638. The molecular weight excluding hydrogens is 314 g/mol. The Morgan fingerprint density at radius 3 is 2.22 bits per heavy atom. The first-order valence-corrected chi connectivity index (χ1v) is 8.30. The number of benzene rings is 1. The van der Waals surface area contributed by atoms with Crippen molar-refractivity contribution in [3.8, 4) is 11.5 Å². The molecule has 2 rings (SSSR count). The van der Waals surface area contributed by atoms with Gasteiger partial charge in [0.25, 0.3) is 0 Å². The van der Waals surface area contributed by atoms with Crippen molar-refractivity contribution in [2.75, 3.05) is 21.3 Å². The van der Waals surface area contributed by atoms with Crippen molar-refractivity contribution in [3.63, 3.8) is 0 Å². The van der Waals surface area contributed by atoms with Gasteiger partial charge in [-0.05, 0) is 17.5 Å². The van der Waals surface area contributed by atoms with E-state index in [1.54, 1.807) is 21.3 Å². The number of ketones is 1. The third kappa shape index (κ3) is 4.69. The van der Waals surface area contributed by atoms with Crippen molar-refractivity contribution in [2.24, 2.45) is 0 Å². The molecule has 0 aliphatic rings. The number of ether oxygens (including phenoxy) is 2. The van der Waals surface area contributed by atoms with Gasteiger partial charge in [-0.25, -0.2) is 0 Å². The van der Waals surface area contributed by atoms with Crippen molar-refractivity contribution in [2.45, 2.75) is 26.7 Å². The third-order valence-corrected chi connectivity index (χ3v) is 4.29. The molecule has 6 heteroatoms. The Hall–Kier alpha value is -2.08. The monoisotopic (exact) mass is 337 g/mol. The summed E-state index contributed by atoms with van der Waals surface area (Å²) in [5.41, 5.74) is 0. The van der Waals surface area contributed by atoms with Crippen LogP contribution in [0.2, 0.25) is 0 Å². The zero-order chi connectivity index (χ0) is 17.4.